The summed E-state index contributed by atoms with van der Waals surface area (Å²) >= 11 is 5.17. The number of hydrogen-bond acceptors (Lipinski definition) is 3. The standard InChI is InChI=1S/C13H14BrNOS/c1-9(15)10-4-2-3-5-12(10)16-8-13-11(14)6-7-17-13/h2-7,9H,8,15H2,1H3/t9-/m1/s1. The van der Waals surface area contributed by atoms with Crippen molar-refractivity contribution in [1.82, 2.24) is 0 Å². The van der Waals surface area contributed by atoms with E-state index in [-0.39, 0.29) is 6.04 Å². The van der Waals surface area contributed by atoms with Gasteiger partial charge >= 0.3 is 0 Å². The van der Waals surface area contributed by atoms with Crippen LogP contribution in [0.5, 0.6) is 5.75 Å². The second-order valence-electron chi connectivity index (χ2n) is 3.81. The highest BCUT2D eigenvalue weighted by Gasteiger charge is 2.08. The van der Waals surface area contributed by atoms with Crippen molar-refractivity contribution in [3.05, 3.63) is 50.6 Å². The summed E-state index contributed by atoms with van der Waals surface area (Å²) in [6.07, 6.45) is 0. The van der Waals surface area contributed by atoms with Crippen molar-refractivity contribution >= 4 is 27.3 Å². The van der Waals surface area contributed by atoms with E-state index in [1.807, 2.05) is 42.6 Å². The quantitative estimate of drug-likeness (QED) is 0.922. The highest BCUT2D eigenvalue weighted by atomic mass is 79.9. The van der Waals surface area contributed by atoms with Crippen molar-refractivity contribution < 1.29 is 4.74 Å². The number of ether oxygens (including phenoxy) is 1. The molecule has 1 aromatic carbocycles. The first-order valence-corrected chi connectivity index (χ1v) is 7.05. The number of nitrogens with two attached hydrogens (primary N) is 1. The van der Waals surface area contributed by atoms with Crippen LogP contribution in [0.25, 0.3) is 0 Å². The molecular formula is C13H14BrNOS. The van der Waals surface area contributed by atoms with Crippen LogP contribution in [0.1, 0.15) is 23.4 Å². The monoisotopic (exact) mass is 311 g/mol. The molecule has 1 heterocycles. The minimum Gasteiger partial charge on any atom is -0.488 e. The van der Waals surface area contributed by atoms with Crippen LogP contribution in [0.15, 0.2) is 40.2 Å². The van der Waals surface area contributed by atoms with Crippen LogP contribution in [0.3, 0.4) is 0 Å². The molecule has 0 bridgehead atoms. The lowest BCUT2D eigenvalue weighted by Gasteiger charge is -2.13. The Balaban J connectivity index is 2.11. The van der Waals surface area contributed by atoms with E-state index in [0.717, 1.165) is 15.8 Å². The van der Waals surface area contributed by atoms with Crippen LogP contribution in [-0.2, 0) is 6.61 Å². The summed E-state index contributed by atoms with van der Waals surface area (Å²) in [5.41, 5.74) is 6.95. The SMILES string of the molecule is C[C@@H](N)c1ccccc1OCc1sccc1Br. The molecule has 0 aliphatic rings. The maximum absolute atomic E-state index is 5.91. The van der Waals surface area contributed by atoms with Crippen molar-refractivity contribution in [3.63, 3.8) is 0 Å². The number of para-hydroxylation sites is 1. The highest BCUT2D eigenvalue weighted by Crippen LogP contribution is 2.27. The fourth-order valence-corrected chi connectivity index (χ4v) is 2.94. The molecule has 0 aliphatic heterocycles. The Hall–Kier alpha value is -0.840. The Kier molecular flexibility index (Phi) is 4.20. The maximum atomic E-state index is 5.91. The summed E-state index contributed by atoms with van der Waals surface area (Å²) in [5.74, 6) is 0.864. The average Bonchev–Trinajstić information content (AvgIpc) is 2.72. The molecule has 0 saturated carbocycles. The predicted octanol–water partition coefficient (Wildman–Crippen LogP) is 4.11. The molecule has 0 saturated heterocycles. The van der Waals surface area contributed by atoms with Crippen LogP contribution in [0, 0.1) is 0 Å². The van der Waals surface area contributed by atoms with Crippen molar-refractivity contribution in [2.75, 3.05) is 0 Å². The first kappa shape index (κ1) is 12.6. The molecule has 0 fully saturated rings. The molecule has 90 valence electrons. The third-order valence-electron chi connectivity index (χ3n) is 2.46. The van der Waals surface area contributed by atoms with E-state index in [0.29, 0.717) is 6.61 Å². The molecule has 1 aromatic heterocycles. The summed E-state index contributed by atoms with van der Waals surface area (Å²) in [6.45, 7) is 2.53. The molecule has 1 atom stereocenters. The third-order valence-corrected chi connectivity index (χ3v) is 4.36. The second-order valence-corrected chi connectivity index (χ2v) is 5.66. The summed E-state index contributed by atoms with van der Waals surface area (Å²) in [5, 5.41) is 2.04. The molecule has 0 radical (unpaired) electrons. The fourth-order valence-electron chi connectivity index (χ4n) is 1.56. The fraction of sp³-hybridized carbons (Fsp3) is 0.231. The topological polar surface area (TPSA) is 35.2 Å². The summed E-state index contributed by atoms with van der Waals surface area (Å²) < 4.78 is 6.92. The van der Waals surface area contributed by atoms with E-state index in [2.05, 4.69) is 15.9 Å². The third kappa shape index (κ3) is 3.09. The van der Waals surface area contributed by atoms with Gasteiger partial charge in [-0.15, -0.1) is 11.3 Å². The maximum Gasteiger partial charge on any atom is 0.124 e. The molecule has 2 rings (SSSR count). The van der Waals surface area contributed by atoms with Gasteiger partial charge in [0.1, 0.15) is 12.4 Å². The van der Waals surface area contributed by atoms with Crippen molar-refractivity contribution in [1.29, 1.82) is 0 Å². The predicted molar refractivity (Wildman–Crippen MR) is 75.4 cm³/mol. The van der Waals surface area contributed by atoms with E-state index in [9.17, 15) is 0 Å². The highest BCUT2D eigenvalue weighted by molar-refractivity contribution is 9.10. The van der Waals surface area contributed by atoms with Gasteiger partial charge in [-0.05, 0) is 40.4 Å². The molecule has 2 nitrogen and oxygen atoms in total. The lowest BCUT2D eigenvalue weighted by molar-refractivity contribution is 0.304. The van der Waals surface area contributed by atoms with E-state index >= 15 is 0 Å². The molecule has 4 heteroatoms. The molecule has 2 aromatic rings. The van der Waals surface area contributed by atoms with Gasteiger partial charge in [0.25, 0.3) is 0 Å². The Morgan fingerprint density at radius 1 is 1.35 bits per heavy atom. The van der Waals surface area contributed by atoms with Crippen LogP contribution in [-0.4, -0.2) is 0 Å². The summed E-state index contributed by atoms with van der Waals surface area (Å²) in [7, 11) is 0. The van der Waals surface area contributed by atoms with Crippen LogP contribution in [0.4, 0.5) is 0 Å². The van der Waals surface area contributed by atoms with Gasteiger partial charge in [-0.25, -0.2) is 0 Å². The van der Waals surface area contributed by atoms with E-state index < -0.39 is 0 Å². The lowest BCUT2D eigenvalue weighted by atomic mass is 10.1. The Bertz CT molecular complexity index is 496. The summed E-state index contributed by atoms with van der Waals surface area (Å²) in [4.78, 5) is 1.18. The van der Waals surface area contributed by atoms with Gasteiger partial charge in [0.05, 0.1) is 4.88 Å². The summed E-state index contributed by atoms with van der Waals surface area (Å²) in [6, 6.07) is 9.92. The molecule has 0 spiro atoms. The van der Waals surface area contributed by atoms with Crippen molar-refractivity contribution in [2.24, 2.45) is 5.73 Å². The van der Waals surface area contributed by atoms with Gasteiger partial charge in [-0.3, -0.25) is 0 Å². The van der Waals surface area contributed by atoms with Gasteiger partial charge in [0.2, 0.25) is 0 Å². The number of benzene rings is 1. The van der Waals surface area contributed by atoms with Crippen LogP contribution >= 0.6 is 27.3 Å². The molecule has 2 N–H and O–H groups in total. The van der Waals surface area contributed by atoms with E-state index in [1.165, 1.54) is 4.88 Å². The molecule has 17 heavy (non-hydrogen) atoms. The van der Waals surface area contributed by atoms with Gasteiger partial charge in [-0.1, -0.05) is 18.2 Å². The smallest absolute Gasteiger partial charge is 0.124 e. The van der Waals surface area contributed by atoms with Crippen molar-refractivity contribution in [3.8, 4) is 5.75 Å². The first-order chi connectivity index (χ1) is 8.18. The van der Waals surface area contributed by atoms with Crippen LogP contribution in [0.2, 0.25) is 0 Å². The number of thiophene rings is 1. The number of hydrogen-bond donors (Lipinski definition) is 1. The zero-order valence-corrected chi connectivity index (χ0v) is 11.9. The van der Waals surface area contributed by atoms with Crippen LogP contribution < -0.4 is 10.5 Å². The normalized spacial score (nSPS) is 12.4. The lowest BCUT2D eigenvalue weighted by Crippen LogP contribution is -2.07. The second kappa shape index (κ2) is 5.67. The minimum atomic E-state index is -0.0158. The Morgan fingerprint density at radius 2 is 2.12 bits per heavy atom. The Labute approximate surface area is 114 Å². The van der Waals surface area contributed by atoms with Gasteiger partial charge < -0.3 is 10.5 Å². The van der Waals surface area contributed by atoms with Gasteiger partial charge in [0.15, 0.2) is 0 Å². The molecule has 0 unspecified atom stereocenters. The first-order valence-electron chi connectivity index (χ1n) is 5.37. The largest absolute Gasteiger partial charge is 0.488 e. The van der Waals surface area contributed by atoms with E-state index in [1.54, 1.807) is 11.3 Å². The average molecular weight is 312 g/mol. The number of halogens is 1. The van der Waals surface area contributed by atoms with Gasteiger partial charge in [0, 0.05) is 16.1 Å². The van der Waals surface area contributed by atoms with Crippen molar-refractivity contribution in [2.45, 2.75) is 19.6 Å². The van der Waals surface area contributed by atoms with Gasteiger partial charge in [-0.2, -0.15) is 0 Å². The zero-order chi connectivity index (χ0) is 12.3. The molecule has 0 amide bonds. The zero-order valence-electron chi connectivity index (χ0n) is 9.52. The minimum absolute atomic E-state index is 0.0158. The molecule has 0 aliphatic carbocycles. The number of rotatable bonds is 4. The molecular weight excluding hydrogens is 298 g/mol. The Morgan fingerprint density at radius 3 is 2.76 bits per heavy atom. The van der Waals surface area contributed by atoms with E-state index in [4.69, 9.17) is 10.5 Å².